The molecule has 226 valence electrons. The quantitative estimate of drug-likeness (QED) is 0.222. The fraction of sp³-hybridized carbons (Fsp3) is 0.545. The number of aliphatic hydroxyl groups excluding tert-OH is 1. The summed E-state index contributed by atoms with van der Waals surface area (Å²) in [5.41, 5.74) is 5.03. The Morgan fingerprint density at radius 1 is 0.929 bits per heavy atom. The molecule has 2 aliphatic heterocycles. The van der Waals surface area contributed by atoms with Crippen LogP contribution in [0.1, 0.15) is 86.1 Å². The van der Waals surface area contributed by atoms with Gasteiger partial charge in [-0.25, -0.2) is 0 Å². The minimum absolute atomic E-state index is 0.166. The molecule has 2 saturated heterocycles. The predicted octanol–water partition coefficient (Wildman–Crippen LogP) is 7.99. The molecule has 2 fully saturated rings. The zero-order valence-electron chi connectivity index (χ0n) is 24.1. The topological polar surface area (TPSA) is 73.7 Å². The average Bonchev–Trinajstić information content (AvgIpc) is 3.12. The van der Waals surface area contributed by atoms with Gasteiger partial charge in [0.2, 0.25) is 11.8 Å². The minimum atomic E-state index is 0.166. The van der Waals surface area contributed by atoms with Crippen molar-refractivity contribution in [3.8, 4) is 0 Å². The van der Waals surface area contributed by atoms with Gasteiger partial charge in [-0.15, -0.1) is 0 Å². The number of aromatic nitrogens is 1. The number of fused-ring (bicyclic) bond motifs is 2. The van der Waals surface area contributed by atoms with E-state index >= 15 is 0 Å². The molecule has 0 bridgehead atoms. The van der Waals surface area contributed by atoms with Gasteiger partial charge in [0.15, 0.2) is 0 Å². The number of pyridine rings is 1. The molecule has 0 unspecified atom stereocenters. The molecule has 1 aliphatic carbocycles. The molecule has 3 heterocycles. The van der Waals surface area contributed by atoms with Crippen molar-refractivity contribution in [1.29, 1.82) is 0 Å². The third-order valence-electron chi connectivity index (χ3n) is 9.32. The van der Waals surface area contributed by atoms with Gasteiger partial charge in [-0.3, -0.25) is 14.6 Å². The van der Waals surface area contributed by atoms with Crippen molar-refractivity contribution in [3.05, 3.63) is 73.1 Å². The maximum absolute atomic E-state index is 13.4. The van der Waals surface area contributed by atoms with Gasteiger partial charge in [0.25, 0.3) is 0 Å². The Morgan fingerprint density at radius 3 is 2.29 bits per heavy atom. The van der Waals surface area contributed by atoms with Crippen LogP contribution in [0.25, 0.3) is 0 Å². The number of likely N-dealkylation sites (tertiary alicyclic amines) is 2. The lowest BCUT2D eigenvalue weighted by Gasteiger charge is -2.38. The lowest BCUT2D eigenvalue weighted by Crippen LogP contribution is -2.43. The maximum Gasteiger partial charge on any atom is 0.222 e. The fourth-order valence-electron chi connectivity index (χ4n) is 7.04. The first-order valence-corrected chi connectivity index (χ1v) is 17.2. The van der Waals surface area contributed by atoms with Crippen LogP contribution in [-0.4, -0.2) is 57.9 Å². The Hall–Kier alpha value is -1.90. The summed E-state index contributed by atoms with van der Waals surface area (Å²) in [6.07, 6.45) is 10.6. The van der Waals surface area contributed by atoms with Crippen LogP contribution in [0.2, 0.25) is 5.02 Å². The molecule has 1 aromatic carbocycles. The molecule has 1 N–H and O–H groups in total. The zero-order valence-corrected chi connectivity index (χ0v) is 28.0. The summed E-state index contributed by atoms with van der Waals surface area (Å²) in [6.45, 7) is 6.50. The number of aliphatic hydroxyl groups is 1. The highest BCUT2D eigenvalue weighted by Crippen LogP contribution is 2.46. The third kappa shape index (κ3) is 7.59. The number of rotatable bonds is 8. The lowest BCUT2D eigenvalue weighted by atomic mass is 9.76. The van der Waals surface area contributed by atoms with E-state index in [9.17, 15) is 14.7 Å². The number of hydrogen-bond donors (Lipinski definition) is 1. The second kappa shape index (κ2) is 14.3. The van der Waals surface area contributed by atoms with Crippen LogP contribution in [0.4, 0.5) is 0 Å². The van der Waals surface area contributed by atoms with Gasteiger partial charge < -0.3 is 14.9 Å². The van der Waals surface area contributed by atoms with Crippen LogP contribution in [0.15, 0.2) is 45.7 Å². The molecule has 2 aromatic rings. The van der Waals surface area contributed by atoms with E-state index < -0.39 is 0 Å². The van der Waals surface area contributed by atoms with Crippen molar-refractivity contribution in [3.63, 3.8) is 0 Å². The van der Waals surface area contributed by atoms with E-state index in [1.54, 1.807) is 0 Å². The Morgan fingerprint density at radius 2 is 1.57 bits per heavy atom. The Kier molecular flexibility index (Phi) is 10.7. The molecule has 0 spiro atoms. The normalized spacial score (nSPS) is 19.6. The fourth-order valence-corrected chi connectivity index (χ4v) is 8.54. The van der Waals surface area contributed by atoms with Crippen molar-refractivity contribution in [1.82, 2.24) is 14.8 Å². The Labute approximate surface area is 271 Å². The number of carbonyl (C=O) groups is 2. The predicted molar refractivity (Wildman–Crippen MR) is 174 cm³/mol. The number of benzene rings is 1. The zero-order chi connectivity index (χ0) is 29.8. The molecular weight excluding hydrogens is 682 g/mol. The van der Waals surface area contributed by atoms with E-state index in [0.29, 0.717) is 31.1 Å². The monoisotopic (exact) mass is 719 g/mol. The maximum atomic E-state index is 13.4. The summed E-state index contributed by atoms with van der Waals surface area (Å²) < 4.78 is 2.05. The lowest BCUT2D eigenvalue weighted by molar-refractivity contribution is -0.135. The van der Waals surface area contributed by atoms with E-state index in [1.807, 2.05) is 17.2 Å². The third-order valence-corrected chi connectivity index (χ3v) is 10.6. The molecule has 1 atom stereocenters. The first kappa shape index (κ1) is 31.5. The van der Waals surface area contributed by atoms with Gasteiger partial charge in [0.05, 0.1) is 11.5 Å². The molecule has 1 aromatic heterocycles. The number of nitrogens with zero attached hydrogens (tertiary/aromatic N) is 3. The van der Waals surface area contributed by atoms with E-state index in [1.165, 1.54) is 16.7 Å². The standard InChI is InChI=1S/C33H40Br2ClN3O3/c1-21(40)4-2-3-5-29(41)38-12-8-22(9-13-38)16-30(42)39-14-10-23(11-15-39)32-31-24(18-27(36)19-28(31)35)6-7-25-17-26(34)20-37-33(25)32/h17-20,22-23,32,40H,1-16H2/t32-/m1/s1. The second-order valence-corrected chi connectivity index (χ2v) is 14.4. The van der Waals surface area contributed by atoms with Crippen molar-refractivity contribution in [2.75, 3.05) is 26.2 Å². The summed E-state index contributed by atoms with van der Waals surface area (Å²) in [7, 11) is 0. The Bertz CT molecular complexity index is 1320. The molecule has 9 heteroatoms. The van der Waals surface area contributed by atoms with Crippen molar-refractivity contribution in [2.45, 2.75) is 76.5 Å². The first-order chi connectivity index (χ1) is 20.2. The van der Waals surface area contributed by atoms with Crippen LogP contribution in [0.3, 0.4) is 0 Å². The van der Waals surface area contributed by atoms with Gasteiger partial charge in [-0.1, -0.05) is 34.1 Å². The molecule has 6 nitrogen and oxygen atoms in total. The largest absolute Gasteiger partial charge is 0.513 e. The molecule has 5 rings (SSSR count). The van der Waals surface area contributed by atoms with Crippen molar-refractivity contribution in [2.24, 2.45) is 11.8 Å². The van der Waals surface area contributed by atoms with E-state index in [0.717, 1.165) is 97.2 Å². The van der Waals surface area contributed by atoms with Gasteiger partial charge in [0, 0.05) is 71.5 Å². The number of halogens is 3. The molecule has 3 aliphatic rings. The number of piperidine rings is 2. The van der Waals surface area contributed by atoms with Gasteiger partial charge in [-0.05, 0) is 114 Å². The first-order valence-electron chi connectivity index (χ1n) is 15.2. The van der Waals surface area contributed by atoms with E-state index in [4.69, 9.17) is 16.6 Å². The number of hydrogen-bond acceptors (Lipinski definition) is 4. The number of amides is 2. The molecule has 2 amide bonds. The highest BCUT2D eigenvalue weighted by Gasteiger charge is 2.37. The highest BCUT2D eigenvalue weighted by atomic mass is 79.9. The molecule has 42 heavy (non-hydrogen) atoms. The van der Waals surface area contributed by atoms with Crippen LogP contribution < -0.4 is 0 Å². The smallest absolute Gasteiger partial charge is 0.222 e. The van der Waals surface area contributed by atoms with Crippen molar-refractivity contribution < 1.29 is 14.7 Å². The van der Waals surface area contributed by atoms with Crippen molar-refractivity contribution >= 4 is 55.3 Å². The molecular formula is C33H40Br2ClN3O3. The van der Waals surface area contributed by atoms with Crippen LogP contribution in [0.5, 0.6) is 0 Å². The summed E-state index contributed by atoms with van der Waals surface area (Å²) >= 11 is 13.9. The summed E-state index contributed by atoms with van der Waals surface area (Å²) in [5.74, 6) is 1.50. The van der Waals surface area contributed by atoms with E-state index in [2.05, 4.69) is 55.5 Å². The second-order valence-electron chi connectivity index (χ2n) is 12.2. The van der Waals surface area contributed by atoms with Crippen LogP contribution in [-0.2, 0) is 22.4 Å². The number of carbonyl (C=O) groups excluding carboxylic acids is 2. The average molecular weight is 722 g/mol. The summed E-state index contributed by atoms with van der Waals surface area (Å²) in [6, 6.07) is 6.33. The number of unbranched alkanes of at least 4 members (excludes halogenated alkanes) is 1. The van der Waals surface area contributed by atoms with Crippen LogP contribution in [0, 0.1) is 11.8 Å². The summed E-state index contributed by atoms with van der Waals surface area (Å²) in [5, 5.41) is 9.96. The minimum Gasteiger partial charge on any atom is -0.513 e. The van der Waals surface area contributed by atoms with Gasteiger partial charge in [0.1, 0.15) is 0 Å². The Balaban J connectivity index is 1.17. The number of allylic oxidation sites excluding steroid dienone is 1. The van der Waals surface area contributed by atoms with Gasteiger partial charge >= 0.3 is 0 Å². The summed E-state index contributed by atoms with van der Waals surface area (Å²) in [4.78, 5) is 34.9. The number of aryl methyl sites for hydroxylation is 2. The SMILES string of the molecule is C=C(O)CCCCC(=O)N1CCC(CC(=O)N2CCC([C@H]3c4ncc(Br)cc4CCc4cc(Cl)cc(Br)c43)CC2)CC1. The van der Waals surface area contributed by atoms with E-state index in [-0.39, 0.29) is 23.5 Å². The molecule has 0 saturated carbocycles. The van der Waals surface area contributed by atoms with Gasteiger partial charge in [-0.2, -0.15) is 0 Å². The highest BCUT2D eigenvalue weighted by molar-refractivity contribution is 9.10. The molecule has 0 radical (unpaired) electrons. The van der Waals surface area contributed by atoms with Crippen LogP contribution >= 0.6 is 43.5 Å².